The van der Waals surface area contributed by atoms with Crippen molar-refractivity contribution in [3.05, 3.63) is 35.4 Å². The third kappa shape index (κ3) is 3.11. The first-order valence-electron chi connectivity index (χ1n) is 6.89. The Hall–Kier alpha value is -1.17. The van der Waals surface area contributed by atoms with Gasteiger partial charge in [0.15, 0.2) is 0 Å². The average molecular weight is 291 g/mol. The Morgan fingerprint density at radius 3 is 2.70 bits per heavy atom. The first-order valence-corrected chi connectivity index (χ1v) is 8.04. The van der Waals surface area contributed by atoms with E-state index in [0.717, 1.165) is 21.8 Å². The Morgan fingerprint density at radius 2 is 2.10 bits per heavy atom. The summed E-state index contributed by atoms with van der Waals surface area (Å²) >= 11 is 0. The zero-order chi connectivity index (χ0) is 14.5. The fourth-order valence-corrected chi connectivity index (χ4v) is 4.11. The van der Waals surface area contributed by atoms with E-state index in [1.54, 1.807) is 7.11 Å². The van der Waals surface area contributed by atoms with E-state index < -0.39 is 0 Å². The SMILES string of the molecule is COC(=O)c1ccccc1C(C(C)OC)N1CCC[Si]1. The van der Waals surface area contributed by atoms with Crippen LogP contribution in [0.4, 0.5) is 0 Å². The molecule has 1 heterocycles. The third-order valence-corrected chi connectivity index (χ3v) is 5.21. The van der Waals surface area contributed by atoms with Crippen LogP contribution in [0.5, 0.6) is 0 Å². The van der Waals surface area contributed by atoms with Crippen LogP contribution in [0.1, 0.15) is 35.3 Å². The van der Waals surface area contributed by atoms with E-state index in [9.17, 15) is 4.79 Å². The number of hydrogen-bond donors (Lipinski definition) is 0. The molecular weight excluding hydrogens is 270 g/mol. The van der Waals surface area contributed by atoms with E-state index in [1.807, 2.05) is 24.3 Å². The molecule has 1 saturated heterocycles. The van der Waals surface area contributed by atoms with Crippen molar-refractivity contribution in [1.29, 1.82) is 0 Å². The van der Waals surface area contributed by atoms with Crippen LogP contribution in [0.25, 0.3) is 0 Å². The summed E-state index contributed by atoms with van der Waals surface area (Å²) in [5, 5.41) is 0. The van der Waals surface area contributed by atoms with Crippen molar-refractivity contribution < 1.29 is 14.3 Å². The van der Waals surface area contributed by atoms with Gasteiger partial charge in [-0.05, 0) is 37.6 Å². The van der Waals surface area contributed by atoms with Crippen LogP contribution < -0.4 is 0 Å². The highest BCUT2D eigenvalue weighted by Crippen LogP contribution is 2.31. The highest BCUT2D eigenvalue weighted by atomic mass is 28.2. The zero-order valence-corrected chi connectivity index (χ0v) is 13.3. The molecule has 1 aromatic carbocycles. The minimum atomic E-state index is -0.281. The molecule has 1 aliphatic rings. The number of rotatable bonds is 5. The molecule has 5 heteroatoms. The van der Waals surface area contributed by atoms with Gasteiger partial charge in [0, 0.05) is 7.11 Å². The number of carbonyl (C=O) groups is 1. The number of methoxy groups -OCH3 is 2. The Balaban J connectivity index is 2.40. The molecule has 108 valence electrons. The minimum Gasteiger partial charge on any atom is -0.465 e. The fourth-order valence-electron chi connectivity index (χ4n) is 2.64. The second-order valence-corrected chi connectivity index (χ2v) is 6.31. The molecule has 20 heavy (non-hydrogen) atoms. The van der Waals surface area contributed by atoms with Gasteiger partial charge in [0.1, 0.15) is 9.68 Å². The van der Waals surface area contributed by atoms with Crippen molar-refractivity contribution in [2.24, 2.45) is 0 Å². The van der Waals surface area contributed by atoms with Crippen LogP contribution in [0.2, 0.25) is 6.04 Å². The van der Waals surface area contributed by atoms with Gasteiger partial charge >= 0.3 is 5.97 Å². The summed E-state index contributed by atoms with van der Waals surface area (Å²) < 4.78 is 12.9. The number of esters is 1. The topological polar surface area (TPSA) is 38.8 Å². The van der Waals surface area contributed by atoms with Gasteiger partial charge in [0.2, 0.25) is 0 Å². The normalized spacial score (nSPS) is 18.8. The largest absolute Gasteiger partial charge is 0.465 e. The molecule has 0 N–H and O–H groups in total. The minimum absolute atomic E-state index is 0.0337. The molecule has 2 radical (unpaired) electrons. The van der Waals surface area contributed by atoms with Crippen LogP contribution in [0, 0.1) is 0 Å². The predicted molar refractivity (Wildman–Crippen MR) is 78.9 cm³/mol. The molecule has 0 saturated carbocycles. The Kier molecular flexibility index (Phi) is 5.34. The van der Waals surface area contributed by atoms with Gasteiger partial charge in [-0.3, -0.25) is 0 Å². The molecule has 0 amide bonds. The highest BCUT2D eigenvalue weighted by Gasteiger charge is 2.31. The molecule has 0 aromatic heterocycles. The maximum atomic E-state index is 12.0. The quantitative estimate of drug-likeness (QED) is 0.616. The fraction of sp³-hybridized carbons (Fsp3) is 0.533. The summed E-state index contributed by atoms with van der Waals surface area (Å²) in [6, 6.07) is 9.02. The molecule has 1 fully saturated rings. The first kappa shape index (κ1) is 15.2. The molecule has 0 bridgehead atoms. The first-order chi connectivity index (χ1) is 9.69. The van der Waals surface area contributed by atoms with Crippen molar-refractivity contribution in [1.82, 2.24) is 4.57 Å². The van der Waals surface area contributed by atoms with Gasteiger partial charge in [0.05, 0.1) is 24.8 Å². The molecular formula is C15H21NO3Si. The van der Waals surface area contributed by atoms with Crippen molar-refractivity contribution >= 4 is 15.7 Å². The lowest BCUT2D eigenvalue weighted by atomic mass is 9.96. The van der Waals surface area contributed by atoms with Gasteiger partial charge in [-0.1, -0.05) is 18.2 Å². The number of nitrogens with zero attached hydrogens (tertiary/aromatic N) is 1. The van der Waals surface area contributed by atoms with E-state index >= 15 is 0 Å². The standard InChI is InChI=1S/C15H21NO3Si/c1-11(18-2)14(16-9-6-10-20-16)12-7-4-5-8-13(12)15(17)19-3/h4-5,7-8,11,14H,6,9-10H2,1-3H3. The lowest BCUT2D eigenvalue weighted by molar-refractivity contribution is 0.0527. The van der Waals surface area contributed by atoms with Crippen LogP contribution in [0.3, 0.4) is 0 Å². The molecule has 0 spiro atoms. The lowest BCUT2D eigenvalue weighted by Crippen LogP contribution is -2.36. The van der Waals surface area contributed by atoms with Crippen molar-refractivity contribution in [2.45, 2.75) is 31.5 Å². The van der Waals surface area contributed by atoms with Gasteiger partial charge in [0.25, 0.3) is 0 Å². The van der Waals surface area contributed by atoms with E-state index in [0.29, 0.717) is 5.56 Å². The summed E-state index contributed by atoms with van der Waals surface area (Å²) in [6.45, 7) is 3.12. The average Bonchev–Trinajstić information content (AvgIpc) is 3.01. The van der Waals surface area contributed by atoms with E-state index in [-0.39, 0.29) is 18.1 Å². The maximum absolute atomic E-state index is 12.0. The summed E-state index contributed by atoms with van der Waals surface area (Å²) in [7, 11) is 3.94. The van der Waals surface area contributed by atoms with Crippen molar-refractivity contribution in [2.75, 3.05) is 20.8 Å². The monoisotopic (exact) mass is 291 g/mol. The van der Waals surface area contributed by atoms with Crippen LogP contribution in [0.15, 0.2) is 24.3 Å². The number of benzene rings is 1. The zero-order valence-electron chi connectivity index (χ0n) is 12.3. The van der Waals surface area contributed by atoms with Crippen molar-refractivity contribution in [3.8, 4) is 0 Å². The lowest BCUT2D eigenvalue weighted by Gasteiger charge is -2.33. The molecule has 1 aromatic rings. The summed E-state index contributed by atoms with van der Waals surface area (Å²) in [5.74, 6) is -0.281. The smallest absolute Gasteiger partial charge is 0.338 e. The van der Waals surface area contributed by atoms with Gasteiger partial charge in [-0.15, -0.1) is 0 Å². The number of hydrogen-bond acceptors (Lipinski definition) is 4. The van der Waals surface area contributed by atoms with Gasteiger partial charge in [-0.25, -0.2) is 4.79 Å². The Labute approximate surface area is 123 Å². The molecule has 0 aliphatic carbocycles. The highest BCUT2D eigenvalue weighted by molar-refractivity contribution is 6.33. The Morgan fingerprint density at radius 1 is 1.35 bits per heavy atom. The summed E-state index contributed by atoms with van der Waals surface area (Å²) in [6.07, 6.45) is 1.25. The maximum Gasteiger partial charge on any atom is 0.338 e. The predicted octanol–water partition coefficient (Wildman–Crippen LogP) is 2.29. The number of carbonyl (C=O) groups excluding carboxylic acids is 1. The summed E-state index contributed by atoms with van der Waals surface area (Å²) in [4.78, 5) is 12.0. The van der Waals surface area contributed by atoms with E-state index in [2.05, 4.69) is 11.5 Å². The number of ether oxygens (including phenoxy) is 2. The van der Waals surface area contributed by atoms with Crippen molar-refractivity contribution in [3.63, 3.8) is 0 Å². The van der Waals surface area contributed by atoms with E-state index in [4.69, 9.17) is 9.47 Å². The summed E-state index contributed by atoms with van der Waals surface area (Å²) in [5.41, 5.74) is 1.64. The second kappa shape index (κ2) is 7.01. The molecule has 4 nitrogen and oxygen atoms in total. The van der Waals surface area contributed by atoms with Crippen LogP contribution in [-0.2, 0) is 9.47 Å². The third-order valence-electron chi connectivity index (χ3n) is 3.73. The van der Waals surface area contributed by atoms with E-state index in [1.165, 1.54) is 19.6 Å². The molecule has 1 aliphatic heterocycles. The molecule has 2 rings (SSSR count). The second-order valence-electron chi connectivity index (χ2n) is 4.92. The van der Waals surface area contributed by atoms with Gasteiger partial charge in [-0.2, -0.15) is 0 Å². The van der Waals surface area contributed by atoms with Crippen LogP contribution >= 0.6 is 0 Å². The van der Waals surface area contributed by atoms with Crippen LogP contribution in [-0.4, -0.2) is 47.1 Å². The Bertz CT molecular complexity index is 460. The molecule has 2 atom stereocenters. The molecule has 2 unspecified atom stereocenters. The van der Waals surface area contributed by atoms with Gasteiger partial charge < -0.3 is 14.0 Å².